The molecule has 2 rings (SSSR count). The molecule has 0 amide bonds. The van der Waals surface area contributed by atoms with E-state index < -0.39 is 15.5 Å². The molecule has 10 nitrogen and oxygen atoms in total. The van der Waals surface area contributed by atoms with Crippen molar-refractivity contribution in [3.05, 3.63) is 62.2 Å². The van der Waals surface area contributed by atoms with Gasteiger partial charge in [-0.1, -0.05) is 71.6 Å². The van der Waals surface area contributed by atoms with E-state index in [1.54, 1.807) is 12.1 Å². The minimum absolute atomic E-state index is 0.0116. The SMILES string of the molecule is CCCCCCCCCCCCOc1ccc(/C(CC)=N\Nc2ccc([N+](=O)[O-])cc2[N+](=O)[O-])c(O)c1. The van der Waals surface area contributed by atoms with Crippen LogP contribution in [0.1, 0.15) is 90.0 Å². The lowest BCUT2D eigenvalue weighted by molar-refractivity contribution is -0.393. The number of nitrogens with one attached hydrogen (secondary N) is 1. The maximum atomic E-state index is 11.3. The van der Waals surface area contributed by atoms with Crippen LogP contribution in [0.4, 0.5) is 17.1 Å². The zero-order valence-electron chi connectivity index (χ0n) is 21.8. The van der Waals surface area contributed by atoms with Crippen molar-refractivity contribution in [3.63, 3.8) is 0 Å². The summed E-state index contributed by atoms with van der Waals surface area (Å²) in [6, 6.07) is 8.25. The Hall–Kier alpha value is -3.69. The molecule has 10 heteroatoms. The molecule has 0 aliphatic heterocycles. The minimum atomic E-state index is -0.714. The van der Waals surface area contributed by atoms with Gasteiger partial charge in [0.25, 0.3) is 5.69 Å². The molecule has 0 unspecified atom stereocenters. The van der Waals surface area contributed by atoms with Crippen LogP contribution in [-0.2, 0) is 0 Å². The molecule has 0 atom stereocenters. The summed E-state index contributed by atoms with van der Waals surface area (Å²) in [5.41, 5.74) is 2.70. The number of phenolic OH excluding ortho intramolecular Hbond substituents is 1. The maximum Gasteiger partial charge on any atom is 0.301 e. The van der Waals surface area contributed by atoms with Gasteiger partial charge in [0, 0.05) is 17.7 Å². The van der Waals surface area contributed by atoms with Gasteiger partial charge in [-0.2, -0.15) is 5.10 Å². The Morgan fingerprint density at radius 2 is 1.54 bits per heavy atom. The molecule has 2 aromatic rings. The number of anilines is 1. The molecule has 0 spiro atoms. The second kappa shape index (κ2) is 16.1. The van der Waals surface area contributed by atoms with E-state index in [1.807, 2.05) is 6.92 Å². The number of hydrogen-bond acceptors (Lipinski definition) is 8. The maximum absolute atomic E-state index is 11.3. The topological polar surface area (TPSA) is 140 Å². The normalized spacial score (nSPS) is 11.4. The van der Waals surface area contributed by atoms with E-state index in [9.17, 15) is 25.3 Å². The van der Waals surface area contributed by atoms with Crippen LogP contribution in [0.3, 0.4) is 0 Å². The van der Waals surface area contributed by atoms with Crippen LogP contribution < -0.4 is 10.2 Å². The van der Waals surface area contributed by atoms with Crippen molar-refractivity contribution in [3.8, 4) is 11.5 Å². The minimum Gasteiger partial charge on any atom is -0.507 e. The number of nitrogens with zero attached hydrogens (tertiary/aromatic N) is 3. The van der Waals surface area contributed by atoms with Gasteiger partial charge < -0.3 is 9.84 Å². The first kappa shape index (κ1) is 29.5. The molecule has 0 aliphatic rings. The average molecular weight is 515 g/mol. The van der Waals surface area contributed by atoms with Crippen molar-refractivity contribution in [2.75, 3.05) is 12.0 Å². The van der Waals surface area contributed by atoms with E-state index in [0.717, 1.165) is 25.0 Å². The highest BCUT2D eigenvalue weighted by Crippen LogP contribution is 2.30. The Bertz CT molecular complexity index is 1060. The molecule has 0 aromatic heterocycles. The average Bonchev–Trinajstić information content (AvgIpc) is 2.88. The third-order valence-electron chi connectivity index (χ3n) is 6.08. The van der Waals surface area contributed by atoms with E-state index in [0.29, 0.717) is 30.1 Å². The number of rotatable bonds is 18. The number of ether oxygens (including phenoxy) is 1. The number of nitro groups is 2. The fourth-order valence-corrected chi connectivity index (χ4v) is 3.96. The predicted octanol–water partition coefficient (Wildman–Crippen LogP) is 7.73. The molecule has 0 heterocycles. The summed E-state index contributed by atoms with van der Waals surface area (Å²) < 4.78 is 5.78. The monoisotopic (exact) mass is 514 g/mol. The van der Waals surface area contributed by atoms with Gasteiger partial charge >= 0.3 is 5.69 Å². The van der Waals surface area contributed by atoms with Gasteiger partial charge in [-0.25, -0.2) is 0 Å². The third-order valence-corrected chi connectivity index (χ3v) is 6.08. The van der Waals surface area contributed by atoms with Gasteiger partial charge in [0.1, 0.15) is 17.2 Å². The van der Waals surface area contributed by atoms with Crippen molar-refractivity contribution in [2.24, 2.45) is 5.10 Å². The van der Waals surface area contributed by atoms with Crippen molar-refractivity contribution < 1.29 is 19.7 Å². The molecule has 0 saturated heterocycles. The highest BCUT2D eigenvalue weighted by atomic mass is 16.6. The first-order valence-corrected chi connectivity index (χ1v) is 13.1. The van der Waals surface area contributed by atoms with Crippen molar-refractivity contribution in [1.29, 1.82) is 0 Å². The van der Waals surface area contributed by atoms with Gasteiger partial charge in [-0.15, -0.1) is 0 Å². The van der Waals surface area contributed by atoms with Crippen LogP contribution in [0.25, 0.3) is 0 Å². The molecule has 37 heavy (non-hydrogen) atoms. The Morgan fingerprint density at radius 3 is 2.11 bits per heavy atom. The molecule has 202 valence electrons. The van der Waals surface area contributed by atoms with Crippen LogP contribution in [0.5, 0.6) is 11.5 Å². The van der Waals surface area contributed by atoms with E-state index >= 15 is 0 Å². The lowest BCUT2D eigenvalue weighted by atomic mass is 10.1. The molecule has 0 aliphatic carbocycles. The zero-order valence-corrected chi connectivity index (χ0v) is 21.8. The first-order chi connectivity index (χ1) is 17.9. The second-order valence-corrected chi connectivity index (χ2v) is 8.95. The van der Waals surface area contributed by atoms with E-state index in [1.165, 1.54) is 63.5 Å². The molecule has 0 bridgehead atoms. The smallest absolute Gasteiger partial charge is 0.301 e. The number of non-ortho nitro benzene ring substituents is 1. The number of unbranched alkanes of at least 4 members (excludes halogenated alkanes) is 9. The molecule has 0 saturated carbocycles. The van der Waals surface area contributed by atoms with Crippen LogP contribution in [-0.4, -0.2) is 27.3 Å². The third kappa shape index (κ3) is 10.1. The standard InChI is InChI=1S/C27H38N4O6/c1-3-5-6-7-8-9-10-11-12-13-18-37-22-15-16-23(27(32)20-22)24(4-2)28-29-25-17-14-21(30(33)34)19-26(25)31(35)36/h14-17,19-20,29,32H,3-13,18H2,1-2H3/b28-24-. The Morgan fingerprint density at radius 1 is 0.892 bits per heavy atom. The van der Waals surface area contributed by atoms with Crippen LogP contribution in [0, 0.1) is 20.2 Å². The van der Waals surface area contributed by atoms with E-state index in [-0.39, 0.29) is 17.1 Å². The van der Waals surface area contributed by atoms with Gasteiger partial charge in [0.2, 0.25) is 0 Å². The van der Waals surface area contributed by atoms with Gasteiger partial charge in [-0.05, 0) is 31.0 Å². The van der Waals surface area contributed by atoms with E-state index in [2.05, 4.69) is 17.5 Å². The highest BCUT2D eigenvalue weighted by Gasteiger charge is 2.19. The highest BCUT2D eigenvalue weighted by molar-refractivity contribution is 6.03. The van der Waals surface area contributed by atoms with Gasteiger partial charge in [-0.3, -0.25) is 25.7 Å². The predicted molar refractivity (Wildman–Crippen MR) is 146 cm³/mol. The number of hydrazone groups is 1. The summed E-state index contributed by atoms with van der Waals surface area (Å²) in [6.07, 6.45) is 12.9. The summed E-state index contributed by atoms with van der Waals surface area (Å²) in [6.45, 7) is 4.64. The number of aromatic hydroxyl groups is 1. The number of benzene rings is 2. The van der Waals surface area contributed by atoms with Crippen molar-refractivity contribution in [2.45, 2.75) is 84.5 Å². The van der Waals surface area contributed by atoms with Gasteiger partial charge in [0.05, 0.1) is 28.2 Å². The molecule has 0 radical (unpaired) electrons. The summed E-state index contributed by atoms with van der Waals surface area (Å²) >= 11 is 0. The fraction of sp³-hybridized carbons (Fsp3) is 0.519. The number of phenols is 1. The molecule has 2 N–H and O–H groups in total. The first-order valence-electron chi connectivity index (χ1n) is 13.1. The van der Waals surface area contributed by atoms with Crippen molar-refractivity contribution in [1.82, 2.24) is 0 Å². The Kier molecular flexibility index (Phi) is 12.9. The van der Waals surface area contributed by atoms with Gasteiger partial charge in [0.15, 0.2) is 0 Å². The van der Waals surface area contributed by atoms with Crippen LogP contribution in [0.2, 0.25) is 0 Å². The number of hydrogen-bond donors (Lipinski definition) is 2. The molecule has 2 aromatic carbocycles. The fourth-order valence-electron chi connectivity index (χ4n) is 3.96. The number of nitro benzene ring substituents is 2. The van der Waals surface area contributed by atoms with Crippen LogP contribution in [0.15, 0.2) is 41.5 Å². The second-order valence-electron chi connectivity index (χ2n) is 8.95. The Labute approximate surface area is 218 Å². The van der Waals surface area contributed by atoms with Crippen LogP contribution >= 0.6 is 0 Å². The summed E-state index contributed by atoms with van der Waals surface area (Å²) in [4.78, 5) is 20.8. The molecule has 0 fully saturated rings. The molecular formula is C27H38N4O6. The summed E-state index contributed by atoms with van der Waals surface area (Å²) in [5.74, 6) is 0.549. The summed E-state index contributed by atoms with van der Waals surface area (Å²) in [5, 5.41) is 37.0. The van der Waals surface area contributed by atoms with Crippen molar-refractivity contribution >= 4 is 22.8 Å². The zero-order chi connectivity index (χ0) is 27.0. The molecular weight excluding hydrogens is 476 g/mol. The largest absolute Gasteiger partial charge is 0.507 e. The quantitative estimate of drug-likeness (QED) is 0.0897. The lowest BCUT2D eigenvalue weighted by Crippen LogP contribution is -2.05. The van der Waals surface area contributed by atoms with E-state index in [4.69, 9.17) is 4.74 Å². The Balaban J connectivity index is 1.87. The summed E-state index contributed by atoms with van der Waals surface area (Å²) in [7, 11) is 0. The lowest BCUT2D eigenvalue weighted by Gasteiger charge is -2.11.